The van der Waals surface area contributed by atoms with Crippen LogP contribution in [-0.2, 0) is 9.53 Å². The van der Waals surface area contributed by atoms with E-state index in [1.165, 1.54) is 37.7 Å². The van der Waals surface area contributed by atoms with Gasteiger partial charge in [-0.2, -0.15) is 0 Å². The van der Waals surface area contributed by atoms with Crippen LogP contribution < -0.4 is 0 Å². The number of morpholine rings is 1. The number of benzene rings is 1. The summed E-state index contributed by atoms with van der Waals surface area (Å²) in [4.78, 5) is 25.4. The summed E-state index contributed by atoms with van der Waals surface area (Å²) in [7, 11) is 0. The van der Waals surface area contributed by atoms with Gasteiger partial charge in [0.25, 0.3) is 5.91 Å². The molecule has 130 valence electrons. The van der Waals surface area contributed by atoms with Crippen LogP contribution in [0.25, 0.3) is 0 Å². The number of rotatable bonds is 3. The first-order valence-electron chi connectivity index (χ1n) is 8.82. The second-order valence-corrected chi connectivity index (χ2v) is 6.94. The van der Waals surface area contributed by atoms with E-state index in [2.05, 4.69) is 12.1 Å². The molecule has 1 saturated carbocycles. The fourth-order valence-corrected chi connectivity index (χ4v) is 3.77. The van der Waals surface area contributed by atoms with Gasteiger partial charge in [-0.25, -0.2) is 4.79 Å². The molecule has 5 heteroatoms. The van der Waals surface area contributed by atoms with Crippen LogP contribution in [0.5, 0.6) is 0 Å². The van der Waals surface area contributed by atoms with Gasteiger partial charge in [0.2, 0.25) is 0 Å². The van der Waals surface area contributed by atoms with Gasteiger partial charge in [0.15, 0.2) is 6.10 Å². The van der Waals surface area contributed by atoms with Gasteiger partial charge in [0, 0.05) is 12.1 Å². The van der Waals surface area contributed by atoms with Gasteiger partial charge in [0.05, 0.1) is 12.6 Å². The Kier molecular flexibility index (Phi) is 5.19. The highest BCUT2D eigenvalue weighted by atomic mass is 16.5. The lowest BCUT2D eigenvalue weighted by Crippen LogP contribution is -2.51. The molecule has 2 fully saturated rings. The summed E-state index contributed by atoms with van der Waals surface area (Å²) < 4.78 is 5.37. The second-order valence-electron chi connectivity index (χ2n) is 6.94. The first-order chi connectivity index (χ1) is 11.5. The van der Waals surface area contributed by atoms with E-state index in [4.69, 9.17) is 9.84 Å². The first-order valence-corrected chi connectivity index (χ1v) is 8.82. The Morgan fingerprint density at radius 3 is 2.38 bits per heavy atom. The normalized spacial score (nSPS) is 25.5. The summed E-state index contributed by atoms with van der Waals surface area (Å²) in [5, 5.41) is 9.14. The summed E-state index contributed by atoms with van der Waals surface area (Å²) in [6, 6.07) is 7.87. The molecule has 2 atom stereocenters. The smallest absolute Gasteiger partial charge is 0.334 e. The summed E-state index contributed by atoms with van der Waals surface area (Å²) in [5.41, 5.74) is 1.93. The zero-order chi connectivity index (χ0) is 17.1. The van der Waals surface area contributed by atoms with Gasteiger partial charge >= 0.3 is 5.97 Å². The van der Waals surface area contributed by atoms with Crippen molar-refractivity contribution in [3.8, 4) is 0 Å². The molecule has 2 aliphatic rings. The number of nitrogens with zero attached hydrogens (tertiary/aromatic N) is 1. The monoisotopic (exact) mass is 331 g/mol. The van der Waals surface area contributed by atoms with Crippen molar-refractivity contribution in [1.82, 2.24) is 4.90 Å². The molecule has 1 aliphatic heterocycles. The molecule has 1 saturated heterocycles. The molecular weight excluding hydrogens is 306 g/mol. The summed E-state index contributed by atoms with van der Waals surface area (Å²) in [5.74, 6) is -0.527. The maximum absolute atomic E-state index is 12.7. The van der Waals surface area contributed by atoms with Gasteiger partial charge in [-0.1, -0.05) is 31.4 Å². The van der Waals surface area contributed by atoms with E-state index in [1.807, 2.05) is 12.1 Å². The van der Waals surface area contributed by atoms with Gasteiger partial charge in [0.1, 0.15) is 0 Å². The average molecular weight is 331 g/mol. The molecule has 0 aromatic heterocycles. The van der Waals surface area contributed by atoms with Gasteiger partial charge in [-0.15, -0.1) is 0 Å². The number of carboxylic acid groups (broad SMARTS) is 1. The van der Waals surface area contributed by atoms with E-state index in [-0.39, 0.29) is 18.6 Å². The van der Waals surface area contributed by atoms with Gasteiger partial charge < -0.3 is 14.7 Å². The number of carboxylic acids is 1. The molecule has 1 N–H and O–H groups in total. The fraction of sp³-hybridized carbons (Fsp3) is 0.579. The highest BCUT2D eigenvalue weighted by molar-refractivity contribution is 5.94. The van der Waals surface area contributed by atoms with Gasteiger partial charge in [-0.3, -0.25) is 4.79 Å². The lowest BCUT2D eigenvalue weighted by molar-refractivity contribution is -0.160. The number of carbonyl (C=O) groups is 2. The van der Waals surface area contributed by atoms with Crippen molar-refractivity contribution in [3.63, 3.8) is 0 Å². The Hall–Kier alpha value is -1.88. The zero-order valence-corrected chi connectivity index (χ0v) is 14.1. The van der Waals surface area contributed by atoms with E-state index in [1.54, 1.807) is 11.8 Å². The molecule has 1 aliphatic carbocycles. The van der Waals surface area contributed by atoms with Crippen LogP contribution >= 0.6 is 0 Å². The van der Waals surface area contributed by atoms with Crippen molar-refractivity contribution in [3.05, 3.63) is 35.4 Å². The molecule has 1 unspecified atom stereocenters. The fourth-order valence-electron chi connectivity index (χ4n) is 3.77. The molecule has 1 aromatic carbocycles. The Morgan fingerprint density at radius 1 is 1.08 bits per heavy atom. The minimum Gasteiger partial charge on any atom is -0.479 e. The van der Waals surface area contributed by atoms with Crippen LogP contribution in [0.15, 0.2) is 24.3 Å². The number of aliphatic carboxylic acids is 1. The number of carbonyl (C=O) groups excluding carboxylic acids is 1. The summed E-state index contributed by atoms with van der Waals surface area (Å²) in [6.45, 7) is 2.32. The molecule has 24 heavy (non-hydrogen) atoms. The van der Waals surface area contributed by atoms with Crippen molar-refractivity contribution in [2.45, 2.75) is 57.2 Å². The largest absolute Gasteiger partial charge is 0.479 e. The predicted octanol–water partition coefficient (Wildman–Crippen LogP) is 3.05. The lowest BCUT2D eigenvalue weighted by atomic mass is 9.84. The lowest BCUT2D eigenvalue weighted by Gasteiger charge is -2.35. The third-order valence-corrected chi connectivity index (χ3v) is 5.06. The van der Waals surface area contributed by atoms with Gasteiger partial charge in [-0.05, 0) is 43.4 Å². The third kappa shape index (κ3) is 3.78. The van der Waals surface area contributed by atoms with Crippen LogP contribution in [0.2, 0.25) is 0 Å². The van der Waals surface area contributed by atoms with E-state index >= 15 is 0 Å². The van der Waals surface area contributed by atoms with Crippen LogP contribution in [0.1, 0.15) is 60.9 Å². The van der Waals surface area contributed by atoms with Crippen molar-refractivity contribution in [2.24, 2.45) is 0 Å². The molecule has 5 nitrogen and oxygen atoms in total. The summed E-state index contributed by atoms with van der Waals surface area (Å²) >= 11 is 0. The molecule has 0 spiro atoms. The molecule has 3 rings (SSSR count). The highest BCUT2D eigenvalue weighted by Crippen LogP contribution is 2.32. The van der Waals surface area contributed by atoms with E-state index in [0.717, 1.165) is 0 Å². The molecule has 1 amide bonds. The van der Waals surface area contributed by atoms with Crippen molar-refractivity contribution < 1.29 is 19.4 Å². The minimum absolute atomic E-state index is 0.100. The number of amides is 1. The minimum atomic E-state index is -1.02. The Bertz CT molecular complexity index is 592. The molecule has 1 aromatic rings. The molecule has 0 radical (unpaired) electrons. The molecule has 0 bridgehead atoms. The van der Waals surface area contributed by atoms with E-state index in [9.17, 15) is 9.59 Å². The van der Waals surface area contributed by atoms with Crippen LogP contribution in [0.3, 0.4) is 0 Å². The van der Waals surface area contributed by atoms with Crippen molar-refractivity contribution in [1.29, 1.82) is 0 Å². The highest BCUT2D eigenvalue weighted by Gasteiger charge is 2.33. The van der Waals surface area contributed by atoms with Crippen molar-refractivity contribution >= 4 is 11.9 Å². The number of hydrogen-bond acceptors (Lipinski definition) is 3. The van der Waals surface area contributed by atoms with Crippen LogP contribution in [0, 0.1) is 0 Å². The Morgan fingerprint density at radius 2 is 1.75 bits per heavy atom. The third-order valence-electron chi connectivity index (χ3n) is 5.06. The zero-order valence-electron chi connectivity index (χ0n) is 14.1. The summed E-state index contributed by atoms with van der Waals surface area (Å²) in [6.07, 6.45) is 5.14. The van der Waals surface area contributed by atoms with E-state index < -0.39 is 12.1 Å². The van der Waals surface area contributed by atoms with Crippen molar-refractivity contribution in [2.75, 3.05) is 13.1 Å². The Balaban J connectivity index is 1.69. The topological polar surface area (TPSA) is 66.8 Å². The second kappa shape index (κ2) is 7.34. The Labute approximate surface area is 142 Å². The quantitative estimate of drug-likeness (QED) is 0.924. The molecule has 1 heterocycles. The average Bonchev–Trinajstić information content (AvgIpc) is 2.61. The predicted molar refractivity (Wildman–Crippen MR) is 90.1 cm³/mol. The van der Waals surface area contributed by atoms with Crippen LogP contribution in [-0.4, -0.2) is 47.2 Å². The SMILES string of the molecule is C[C@@H]1CN(C(=O)c2ccc(C3CCCCC3)cc2)CC(C(=O)O)O1. The van der Waals surface area contributed by atoms with Crippen LogP contribution in [0.4, 0.5) is 0 Å². The standard InChI is InChI=1S/C19H25NO4/c1-13-11-20(12-17(24-13)19(22)23)18(21)16-9-7-15(8-10-16)14-5-3-2-4-6-14/h7-10,13-14,17H,2-6,11-12H2,1H3,(H,22,23)/t13-,17?/m1/s1. The number of ether oxygens (including phenoxy) is 1. The number of hydrogen-bond donors (Lipinski definition) is 1. The van der Waals surface area contributed by atoms with E-state index in [0.29, 0.717) is 18.0 Å². The maximum atomic E-state index is 12.7. The first kappa shape index (κ1) is 17.0. The maximum Gasteiger partial charge on any atom is 0.334 e. The molecular formula is C19H25NO4.